The number of unbranched alkanes of at least 4 members (excludes halogenated alkanes) is 3. The highest BCUT2D eigenvalue weighted by molar-refractivity contribution is 4.81. The average molecular weight is 265 g/mol. The highest BCUT2D eigenvalue weighted by atomic mass is 14.9. The third kappa shape index (κ3) is 6.61. The third-order valence-corrected chi connectivity index (χ3v) is 4.93. The van der Waals surface area contributed by atoms with E-state index in [0.29, 0.717) is 0 Å². The average Bonchev–Trinajstić information content (AvgIpc) is 2.46. The molecule has 0 spiro atoms. The molecule has 1 nitrogen and oxygen atoms in total. The SMILES string of the molecule is C=CCCCCCC(NCC)C1CCC(CC)CC1. The second-order valence-corrected chi connectivity index (χ2v) is 6.28. The molecule has 19 heavy (non-hydrogen) atoms. The van der Waals surface area contributed by atoms with Crippen molar-refractivity contribution >= 4 is 0 Å². The lowest BCUT2D eigenvalue weighted by Crippen LogP contribution is -2.38. The summed E-state index contributed by atoms with van der Waals surface area (Å²) in [7, 11) is 0. The molecule has 0 saturated heterocycles. The highest BCUT2D eigenvalue weighted by Gasteiger charge is 2.25. The molecule has 1 N–H and O–H groups in total. The Labute approximate surface area is 121 Å². The van der Waals surface area contributed by atoms with Gasteiger partial charge in [0.25, 0.3) is 0 Å². The lowest BCUT2D eigenvalue weighted by molar-refractivity contribution is 0.210. The molecule has 1 aliphatic carbocycles. The maximum Gasteiger partial charge on any atom is 0.00952 e. The van der Waals surface area contributed by atoms with Gasteiger partial charge in [-0.2, -0.15) is 0 Å². The summed E-state index contributed by atoms with van der Waals surface area (Å²) in [5.74, 6) is 1.97. The van der Waals surface area contributed by atoms with Crippen LogP contribution in [0.2, 0.25) is 0 Å². The first-order valence-electron chi connectivity index (χ1n) is 8.66. The Balaban J connectivity index is 2.25. The molecule has 0 aromatic rings. The molecule has 1 saturated carbocycles. The van der Waals surface area contributed by atoms with Crippen LogP contribution >= 0.6 is 0 Å². The van der Waals surface area contributed by atoms with E-state index in [0.717, 1.165) is 24.4 Å². The Hall–Kier alpha value is -0.300. The third-order valence-electron chi connectivity index (χ3n) is 4.93. The fraction of sp³-hybridized carbons (Fsp3) is 0.889. The monoisotopic (exact) mass is 265 g/mol. The first kappa shape index (κ1) is 16.8. The fourth-order valence-corrected chi connectivity index (χ4v) is 3.60. The maximum absolute atomic E-state index is 3.80. The van der Waals surface area contributed by atoms with Crippen LogP contribution in [0.15, 0.2) is 12.7 Å². The molecule has 112 valence electrons. The van der Waals surface area contributed by atoms with Crippen LogP contribution in [-0.2, 0) is 0 Å². The van der Waals surface area contributed by atoms with Crippen molar-refractivity contribution in [3.63, 3.8) is 0 Å². The van der Waals surface area contributed by atoms with Gasteiger partial charge in [-0.05, 0) is 50.5 Å². The summed E-state index contributed by atoms with van der Waals surface area (Å²) in [5, 5.41) is 3.76. The fourth-order valence-electron chi connectivity index (χ4n) is 3.60. The van der Waals surface area contributed by atoms with Gasteiger partial charge in [-0.25, -0.2) is 0 Å². The molecular weight excluding hydrogens is 230 g/mol. The molecule has 0 bridgehead atoms. The van der Waals surface area contributed by atoms with Gasteiger partial charge in [-0.15, -0.1) is 6.58 Å². The minimum atomic E-state index is 0.784. The van der Waals surface area contributed by atoms with Crippen LogP contribution in [0.25, 0.3) is 0 Å². The Bertz CT molecular complexity index is 216. The molecule has 0 amide bonds. The minimum absolute atomic E-state index is 0.784. The zero-order valence-electron chi connectivity index (χ0n) is 13.3. The van der Waals surface area contributed by atoms with Gasteiger partial charge in [0.2, 0.25) is 0 Å². The van der Waals surface area contributed by atoms with Gasteiger partial charge >= 0.3 is 0 Å². The van der Waals surface area contributed by atoms with Crippen molar-refractivity contribution in [2.24, 2.45) is 11.8 Å². The van der Waals surface area contributed by atoms with Crippen LogP contribution in [0.4, 0.5) is 0 Å². The topological polar surface area (TPSA) is 12.0 Å². The van der Waals surface area contributed by atoms with Gasteiger partial charge in [0, 0.05) is 6.04 Å². The molecule has 0 heterocycles. The summed E-state index contributed by atoms with van der Waals surface area (Å²) in [4.78, 5) is 0. The van der Waals surface area contributed by atoms with E-state index in [1.807, 2.05) is 6.08 Å². The second kappa shape index (κ2) is 10.5. The summed E-state index contributed by atoms with van der Waals surface area (Å²) in [6.45, 7) is 9.53. The Morgan fingerprint density at radius 2 is 1.84 bits per heavy atom. The molecule has 0 aromatic heterocycles. The van der Waals surface area contributed by atoms with E-state index in [-0.39, 0.29) is 0 Å². The second-order valence-electron chi connectivity index (χ2n) is 6.28. The van der Waals surface area contributed by atoms with Crippen molar-refractivity contribution in [1.29, 1.82) is 0 Å². The number of hydrogen-bond acceptors (Lipinski definition) is 1. The van der Waals surface area contributed by atoms with Crippen molar-refractivity contribution < 1.29 is 0 Å². The predicted molar refractivity (Wildman–Crippen MR) is 86.5 cm³/mol. The summed E-state index contributed by atoms with van der Waals surface area (Å²) in [6, 6.07) is 0.784. The molecule has 1 aliphatic rings. The van der Waals surface area contributed by atoms with Gasteiger partial charge in [-0.3, -0.25) is 0 Å². The Morgan fingerprint density at radius 1 is 1.11 bits per heavy atom. The first-order valence-corrected chi connectivity index (χ1v) is 8.66. The predicted octanol–water partition coefficient (Wildman–Crippen LogP) is 5.32. The molecule has 1 heteroatoms. The number of nitrogens with one attached hydrogen (secondary N) is 1. The smallest absolute Gasteiger partial charge is 0.00952 e. The van der Waals surface area contributed by atoms with Crippen molar-refractivity contribution in [1.82, 2.24) is 5.32 Å². The molecule has 1 rings (SSSR count). The van der Waals surface area contributed by atoms with Gasteiger partial charge in [0.05, 0.1) is 0 Å². The van der Waals surface area contributed by atoms with Crippen LogP contribution in [0.3, 0.4) is 0 Å². The Morgan fingerprint density at radius 3 is 2.42 bits per heavy atom. The zero-order chi connectivity index (χ0) is 13.9. The van der Waals surface area contributed by atoms with Gasteiger partial charge < -0.3 is 5.32 Å². The van der Waals surface area contributed by atoms with Crippen molar-refractivity contribution in [3.05, 3.63) is 12.7 Å². The van der Waals surface area contributed by atoms with Crippen LogP contribution in [-0.4, -0.2) is 12.6 Å². The van der Waals surface area contributed by atoms with Crippen LogP contribution in [0.1, 0.15) is 78.1 Å². The Kier molecular flexibility index (Phi) is 9.24. The quantitative estimate of drug-likeness (QED) is 0.416. The number of hydrogen-bond donors (Lipinski definition) is 1. The summed E-state index contributed by atoms with van der Waals surface area (Å²) in [6.07, 6.45) is 16.0. The zero-order valence-corrected chi connectivity index (χ0v) is 13.3. The van der Waals surface area contributed by atoms with Crippen LogP contribution < -0.4 is 5.32 Å². The highest BCUT2D eigenvalue weighted by Crippen LogP contribution is 2.33. The van der Waals surface area contributed by atoms with Crippen LogP contribution in [0, 0.1) is 11.8 Å². The van der Waals surface area contributed by atoms with Gasteiger partial charge in [0.1, 0.15) is 0 Å². The van der Waals surface area contributed by atoms with Gasteiger partial charge in [0.15, 0.2) is 0 Å². The summed E-state index contributed by atoms with van der Waals surface area (Å²) >= 11 is 0. The summed E-state index contributed by atoms with van der Waals surface area (Å²) < 4.78 is 0. The van der Waals surface area contributed by atoms with E-state index in [1.165, 1.54) is 64.2 Å². The maximum atomic E-state index is 3.80. The molecular formula is C18H35N. The minimum Gasteiger partial charge on any atom is -0.314 e. The number of rotatable bonds is 10. The lowest BCUT2D eigenvalue weighted by Gasteiger charge is -2.34. The lowest BCUT2D eigenvalue weighted by atomic mass is 9.76. The molecule has 0 aliphatic heterocycles. The molecule has 1 fully saturated rings. The van der Waals surface area contributed by atoms with Gasteiger partial charge in [-0.1, -0.05) is 52.0 Å². The molecule has 0 aromatic carbocycles. The van der Waals surface area contributed by atoms with E-state index in [2.05, 4.69) is 25.7 Å². The molecule has 0 radical (unpaired) electrons. The van der Waals surface area contributed by atoms with Crippen molar-refractivity contribution in [2.45, 2.75) is 84.1 Å². The van der Waals surface area contributed by atoms with E-state index < -0.39 is 0 Å². The molecule has 1 unspecified atom stereocenters. The van der Waals surface area contributed by atoms with Crippen molar-refractivity contribution in [2.75, 3.05) is 6.54 Å². The largest absolute Gasteiger partial charge is 0.314 e. The first-order chi connectivity index (χ1) is 9.31. The van der Waals surface area contributed by atoms with Crippen molar-refractivity contribution in [3.8, 4) is 0 Å². The van der Waals surface area contributed by atoms with E-state index in [4.69, 9.17) is 0 Å². The molecule has 1 atom stereocenters. The number of allylic oxidation sites excluding steroid dienone is 1. The standard InChI is InChI=1S/C18H35N/c1-4-7-8-9-10-11-18(19-6-3)17-14-12-16(5-2)13-15-17/h4,16-19H,1,5-15H2,2-3H3. The summed E-state index contributed by atoms with van der Waals surface area (Å²) in [5.41, 5.74) is 0. The van der Waals surface area contributed by atoms with E-state index in [9.17, 15) is 0 Å². The van der Waals surface area contributed by atoms with Crippen LogP contribution in [0.5, 0.6) is 0 Å². The normalized spacial score (nSPS) is 25.2. The van der Waals surface area contributed by atoms with E-state index in [1.54, 1.807) is 0 Å². The van der Waals surface area contributed by atoms with E-state index >= 15 is 0 Å².